The fraction of sp³-hybridized carbons (Fsp3) is 0.480. The van der Waals surface area contributed by atoms with Crippen LogP contribution in [-0.2, 0) is 27.9 Å². The Hall–Kier alpha value is -1.93. The van der Waals surface area contributed by atoms with Crippen molar-refractivity contribution in [3.63, 3.8) is 0 Å². The summed E-state index contributed by atoms with van der Waals surface area (Å²) in [5.74, 6) is -0.442. The number of nitrogens with one attached hydrogen (secondary N) is 1. The zero-order valence-corrected chi connectivity index (χ0v) is 20.5. The first-order chi connectivity index (χ1) is 15.9. The Labute approximate surface area is 202 Å². The molecule has 1 amide bonds. The van der Waals surface area contributed by atoms with Crippen molar-refractivity contribution in [3.05, 3.63) is 64.7 Å². The van der Waals surface area contributed by atoms with Gasteiger partial charge >= 0.3 is 0 Å². The molecule has 1 atom stereocenters. The first-order valence-electron chi connectivity index (χ1n) is 11.8. The van der Waals surface area contributed by atoms with Gasteiger partial charge in [0.2, 0.25) is 15.9 Å². The second-order valence-corrected chi connectivity index (χ2v) is 11.4. The highest BCUT2D eigenvalue weighted by Gasteiger charge is 2.33. The molecule has 1 N–H and O–H groups in total. The van der Waals surface area contributed by atoms with Crippen molar-refractivity contribution in [2.75, 3.05) is 26.2 Å². The molecule has 2 heterocycles. The van der Waals surface area contributed by atoms with E-state index in [0.29, 0.717) is 31.0 Å². The molecule has 2 fully saturated rings. The standard InChI is InChI=1S/C25H32ClN3O3S/c26-23-10-12-24(13-11-23)33(31,32)29-16-4-5-22(19-29)25(30)27-17-20-6-8-21(9-7-20)18-28-14-2-1-3-15-28/h6-13,22H,1-5,14-19H2,(H,27,30)/t22-/m1/s1. The number of hydrogen-bond donors (Lipinski definition) is 1. The van der Waals surface area contributed by atoms with Gasteiger partial charge in [0.1, 0.15) is 0 Å². The molecule has 2 aromatic carbocycles. The summed E-state index contributed by atoms with van der Waals surface area (Å²) in [7, 11) is -3.64. The molecule has 8 heteroatoms. The molecular weight excluding hydrogens is 458 g/mol. The first kappa shape index (κ1) is 24.2. The van der Waals surface area contributed by atoms with Crippen molar-refractivity contribution in [2.24, 2.45) is 5.92 Å². The van der Waals surface area contributed by atoms with Gasteiger partial charge in [0.05, 0.1) is 10.8 Å². The average Bonchev–Trinajstić information content (AvgIpc) is 2.84. The van der Waals surface area contributed by atoms with Crippen LogP contribution >= 0.6 is 11.6 Å². The van der Waals surface area contributed by atoms with Crippen molar-refractivity contribution < 1.29 is 13.2 Å². The van der Waals surface area contributed by atoms with E-state index in [9.17, 15) is 13.2 Å². The summed E-state index contributed by atoms with van der Waals surface area (Å²) in [5, 5.41) is 3.49. The number of carbonyl (C=O) groups excluding carboxylic acids is 1. The average molecular weight is 490 g/mol. The van der Waals surface area contributed by atoms with E-state index in [1.54, 1.807) is 12.1 Å². The lowest BCUT2D eigenvalue weighted by molar-refractivity contribution is -0.126. The summed E-state index contributed by atoms with van der Waals surface area (Å²) in [6.45, 7) is 4.39. The summed E-state index contributed by atoms with van der Waals surface area (Å²) in [5.41, 5.74) is 2.34. The molecule has 0 spiro atoms. The number of amides is 1. The quantitative estimate of drug-likeness (QED) is 0.637. The lowest BCUT2D eigenvalue weighted by atomic mass is 9.98. The Morgan fingerprint density at radius 1 is 0.909 bits per heavy atom. The van der Waals surface area contributed by atoms with Gasteiger partial charge in [-0.15, -0.1) is 0 Å². The lowest BCUT2D eigenvalue weighted by Gasteiger charge is -2.31. The minimum absolute atomic E-state index is 0.0941. The topological polar surface area (TPSA) is 69.7 Å². The number of carbonyl (C=O) groups is 1. The highest BCUT2D eigenvalue weighted by atomic mass is 35.5. The summed E-state index contributed by atoms with van der Waals surface area (Å²) in [6.07, 6.45) is 5.25. The molecule has 2 aliphatic rings. The number of nitrogens with zero attached hydrogens (tertiary/aromatic N) is 2. The maximum absolute atomic E-state index is 13.0. The summed E-state index contributed by atoms with van der Waals surface area (Å²) < 4.78 is 27.4. The van der Waals surface area contributed by atoms with Crippen molar-refractivity contribution in [2.45, 2.75) is 50.1 Å². The van der Waals surface area contributed by atoms with E-state index in [1.807, 2.05) is 0 Å². The number of likely N-dealkylation sites (tertiary alicyclic amines) is 1. The molecule has 0 unspecified atom stereocenters. The predicted octanol–water partition coefficient (Wildman–Crippen LogP) is 4.04. The molecule has 2 aliphatic heterocycles. The molecule has 6 nitrogen and oxygen atoms in total. The number of hydrogen-bond acceptors (Lipinski definition) is 4. The second kappa shape index (κ2) is 11.0. The van der Waals surface area contributed by atoms with Crippen LogP contribution in [0.5, 0.6) is 0 Å². The van der Waals surface area contributed by atoms with Gasteiger partial charge in [0.15, 0.2) is 0 Å². The number of rotatable bonds is 7. The van der Waals surface area contributed by atoms with Gasteiger partial charge in [-0.3, -0.25) is 9.69 Å². The summed E-state index contributed by atoms with van der Waals surface area (Å²) >= 11 is 5.89. The Balaban J connectivity index is 1.29. The molecule has 2 aromatic rings. The Kier molecular flexibility index (Phi) is 8.07. The van der Waals surface area contributed by atoms with E-state index < -0.39 is 10.0 Å². The van der Waals surface area contributed by atoms with Crippen LogP contribution in [-0.4, -0.2) is 49.7 Å². The smallest absolute Gasteiger partial charge is 0.243 e. The van der Waals surface area contributed by atoms with Crippen molar-refractivity contribution in [1.82, 2.24) is 14.5 Å². The molecule has 0 saturated carbocycles. The monoisotopic (exact) mass is 489 g/mol. The lowest BCUT2D eigenvalue weighted by Crippen LogP contribution is -2.45. The van der Waals surface area contributed by atoms with Gasteiger partial charge in [-0.25, -0.2) is 8.42 Å². The van der Waals surface area contributed by atoms with Gasteiger partial charge in [-0.05, 0) is 74.2 Å². The van der Waals surface area contributed by atoms with Crippen LogP contribution in [0.3, 0.4) is 0 Å². The number of sulfonamides is 1. The maximum atomic E-state index is 13.0. The van der Waals surface area contributed by atoms with E-state index in [4.69, 9.17) is 11.6 Å². The van der Waals surface area contributed by atoms with Crippen LogP contribution in [0.1, 0.15) is 43.2 Å². The van der Waals surface area contributed by atoms with E-state index in [1.165, 1.54) is 54.4 Å². The summed E-state index contributed by atoms with van der Waals surface area (Å²) in [4.78, 5) is 15.5. The molecule has 33 heavy (non-hydrogen) atoms. The van der Waals surface area contributed by atoms with Crippen LogP contribution in [0.4, 0.5) is 0 Å². The fourth-order valence-corrected chi connectivity index (χ4v) is 6.25. The highest BCUT2D eigenvalue weighted by Crippen LogP contribution is 2.25. The molecular formula is C25H32ClN3O3S. The number of benzene rings is 2. The molecule has 0 bridgehead atoms. The number of halogens is 1. The van der Waals surface area contributed by atoms with E-state index in [-0.39, 0.29) is 23.3 Å². The predicted molar refractivity (Wildman–Crippen MR) is 130 cm³/mol. The van der Waals surface area contributed by atoms with Gasteiger partial charge in [-0.2, -0.15) is 4.31 Å². The van der Waals surface area contributed by atoms with Gasteiger partial charge < -0.3 is 5.32 Å². The van der Waals surface area contributed by atoms with Gasteiger partial charge in [-0.1, -0.05) is 42.3 Å². The summed E-state index contributed by atoms with van der Waals surface area (Å²) in [6, 6.07) is 14.6. The largest absolute Gasteiger partial charge is 0.352 e. The molecule has 178 valence electrons. The third kappa shape index (κ3) is 6.35. The minimum Gasteiger partial charge on any atom is -0.352 e. The first-order valence-corrected chi connectivity index (χ1v) is 13.6. The molecule has 0 aliphatic carbocycles. The molecule has 0 radical (unpaired) electrons. The Bertz CT molecular complexity index is 1040. The van der Waals surface area contributed by atoms with Crippen molar-refractivity contribution in [1.29, 1.82) is 0 Å². The van der Waals surface area contributed by atoms with Crippen LogP contribution < -0.4 is 5.32 Å². The minimum atomic E-state index is -3.64. The highest BCUT2D eigenvalue weighted by molar-refractivity contribution is 7.89. The van der Waals surface area contributed by atoms with Gasteiger partial charge in [0, 0.05) is 31.2 Å². The zero-order valence-electron chi connectivity index (χ0n) is 18.9. The zero-order chi connectivity index (χ0) is 23.3. The normalized spacial score (nSPS) is 20.5. The Morgan fingerprint density at radius 3 is 2.27 bits per heavy atom. The SMILES string of the molecule is O=C(NCc1ccc(CN2CCCCC2)cc1)[C@@H]1CCCN(S(=O)(=O)c2ccc(Cl)cc2)C1. The maximum Gasteiger partial charge on any atom is 0.243 e. The van der Waals surface area contributed by atoms with Gasteiger partial charge in [0.25, 0.3) is 0 Å². The van der Waals surface area contributed by atoms with Crippen LogP contribution in [0.25, 0.3) is 0 Å². The molecule has 4 rings (SSSR count). The third-order valence-corrected chi connectivity index (χ3v) is 8.68. The number of piperidine rings is 2. The third-order valence-electron chi connectivity index (χ3n) is 6.55. The van der Waals surface area contributed by atoms with Crippen molar-refractivity contribution >= 4 is 27.5 Å². The van der Waals surface area contributed by atoms with Crippen LogP contribution in [0.15, 0.2) is 53.4 Å². The van der Waals surface area contributed by atoms with Crippen LogP contribution in [0, 0.1) is 5.92 Å². The second-order valence-electron chi connectivity index (χ2n) is 9.03. The van der Waals surface area contributed by atoms with E-state index in [0.717, 1.165) is 12.1 Å². The molecule has 0 aromatic heterocycles. The van der Waals surface area contributed by atoms with E-state index >= 15 is 0 Å². The Morgan fingerprint density at radius 2 is 1.58 bits per heavy atom. The van der Waals surface area contributed by atoms with Crippen molar-refractivity contribution in [3.8, 4) is 0 Å². The fourth-order valence-electron chi connectivity index (χ4n) is 4.60. The van der Waals surface area contributed by atoms with Crippen LogP contribution in [0.2, 0.25) is 5.02 Å². The molecule has 2 saturated heterocycles. The van der Waals surface area contributed by atoms with E-state index in [2.05, 4.69) is 34.5 Å².